The van der Waals surface area contributed by atoms with Crippen LogP contribution in [0.25, 0.3) is 11.0 Å². The number of hydrogen-bond donors (Lipinski definition) is 4. The molecule has 5 N–H and O–H groups in total. The van der Waals surface area contributed by atoms with Gasteiger partial charge in [0.05, 0.1) is 17.6 Å². The van der Waals surface area contributed by atoms with Crippen LogP contribution in [-0.2, 0) is 29.6 Å². The van der Waals surface area contributed by atoms with E-state index in [9.17, 15) is 14.7 Å². The number of carboxylic acids is 1. The SMILES string of the molecule is Cl.Cn1c(CNc2ccc(C(=N)N)cc2)nc2cc(CC(C(=O)N3CCCC3)(N3CCCC3)N3CCC3C(=O)O)ccc21. The molecule has 2 atom stereocenters. The monoisotopic (exact) mass is 608 g/mol. The molecule has 1 amide bonds. The van der Waals surface area contributed by atoms with Crippen LogP contribution < -0.4 is 11.1 Å². The first-order chi connectivity index (χ1) is 20.3. The second-order valence-electron chi connectivity index (χ2n) is 11.8. The van der Waals surface area contributed by atoms with Gasteiger partial charge in [0.1, 0.15) is 17.7 Å². The number of likely N-dealkylation sites (tertiary alicyclic amines) is 3. The summed E-state index contributed by atoms with van der Waals surface area (Å²) in [7, 11) is 1.99. The zero-order valence-electron chi connectivity index (χ0n) is 24.6. The van der Waals surface area contributed by atoms with Crippen LogP contribution in [0.15, 0.2) is 42.5 Å². The summed E-state index contributed by atoms with van der Waals surface area (Å²) in [6, 6.07) is 13.0. The van der Waals surface area contributed by atoms with Crippen LogP contribution in [0.3, 0.4) is 0 Å². The molecule has 0 radical (unpaired) electrons. The van der Waals surface area contributed by atoms with Gasteiger partial charge in [-0.3, -0.25) is 24.8 Å². The molecule has 0 saturated carbocycles. The van der Waals surface area contributed by atoms with Crippen molar-refractivity contribution in [2.24, 2.45) is 12.8 Å². The molecular weight excluding hydrogens is 568 g/mol. The fourth-order valence-corrected chi connectivity index (χ4v) is 6.87. The molecule has 3 aliphatic heterocycles. The molecule has 43 heavy (non-hydrogen) atoms. The van der Waals surface area contributed by atoms with Crippen molar-refractivity contribution in [3.05, 3.63) is 59.4 Å². The maximum atomic E-state index is 14.5. The molecule has 1 aromatic heterocycles. The Morgan fingerprint density at radius 2 is 1.72 bits per heavy atom. The maximum absolute atomic E-state index is 14.5. The summed E-state index contributed by atoms with van der Waals surface area (Å²) in [6.45, 7) is 4.15. The summed E-state index contributed by atoms with van der Waals surface area (Å²) in [6.07, 6.45) is 4.98. The topological polar surface area (TPSA) is 144 Å². The van der Waals surface area contributed by atoms with Crippen LogP contribution >= 0.6 is 12.4 Å². The van der Waals surface area contributed by atoms with Crippen molar-refractivity contribution in [3.63, 3.8) is 0 Å². The summed E-state index contributed by atoms with van der Waals surface area (Å²) in [5, 5.41) is 21.0. The highest BCUT2D eigenvalue weighted by molar-refractivity contribution is 5.95. The van der Waals surface area contributed by atoms with Crippen molar-refractivity contribution in [1.82, 2.24) is 24.3 Å². The maximum Gasteiger partial charge on any atom is 0.321 e. The molecule has 0 bridgehead atoms. The van der Waals surface area contributed by atoms with Crippen molar-refractivity contribution >= 4 is 46.8 Å². The molecule has 4 heterocycles. The number of rotatable bonds is 10. The number of aliphatic carboxylic acids is 1. The van der Waals surface area contributed by atoms with E-state index in [0.29, 0.717) is 31.5 Å². The number of nitrogens with zero attached hydrogens (tertiary/aromatic N) is 5. The number of benzene rings is 2. The Bertz CT molecular complexity index is 1500. The van der Waals surface area contributed by atoms with E-state index in [1.165, 1.54) is 0 Å². The van der Waals surface area contributed by atoms with Crippen LogP contribution in [0.2, 0.25) is 0 Å². The number of anilines is 1. The third-order valence-electron chi connectivity index (χ3n) is 9.28. The standard InChI is InChI=1S/C31H40N8O3.ClH/c1-36-25-11-6-21(18-24(25)35-27(36)20-34-23-9-7-22(8-10-23)28(32)33)19-31(38-15-4-5-16-38,30(42)37-13-2-3-14-37)39-17-12-26(39)29(40)41;/h6-11,18,26,34H,2-5,12-17,19-20H2,1H3,(H3,32,33)(H,40,41);1H. The zero-order chi connectivity index (χ0) is 29.4. The first kappa shape index (κ1) is 30.8. The third kappa shape index (κ3) is 5.69. The Kier molecular flexibility index (Phi) is 8.96. The zero-order valence-corrected chi connectivity index (χ0v) is 25.4. The molecule has 3 aliphatic rings. The number of carbonyl (C=O) groups excluding carboxylic acids is 1. The van der Waals surface area contributed by atoms with Crippen LogP contribution in [0.4, 0.5) is 5.69 Å². The van der Waals surface area contributed by atoms with E-state index in [4.69, 9.17) is 16.1 Å². The van der Waals surface area contributed by atoms with Crippen LogP contribution in [0.5, 0.6) is 0 Å². The number of carboxylic acid groups (broad SMARTS) is 1. The molecule has 2 unspecified atom stereocenters. The number of hydrogen-bond acceptors (Lipinski definition) is 7. The molecular formula is C31H41ClN8O3. The first-order valence-electron chi connectivity index (χ1n) is 14.9. The predicted octanol–water partition coefficient (Wildman–Crippen LogP) is 3.01. The third-order valence-corrected chi connectivity index (χ3v) is 9.28. The Balaban J connectivity index is 0.00000368. The predicted molar refractivity (Wildman–Crippen MR) is 169 cm³/mol. The van der Waals surface area contributed by atoms with Crippen molar-refractivity contribution < 1.29 is 14.7 Å². The normalized spacial score (nSPS) is 20.4. The van der Waals surface area contributed by atoms with Gasteiger partial charge in [0.15, 0.2) is 5.66 Å². The summed E-state index contributed by atoms with van der Waals surface area (Å²) in [5.41, 5.74) is 8.97. The Morgan fingerprint density at radius 3 is 2.33 bits per heavy atom. The molecule has 11 nitrogen and oxygen atoms in total. The number of amidine groups is 1. The highest BCUT2D eigenvalue weighted by Gasteiger charge is 2.57. The van der Waals surface area contributed by atoms with Gasteiger partial charge in [-0.2, -0.15) is 0 Å². The summed E-state index contributed by atoms with van der Waals surface area (Å²) in [5.74, 6) is 0.101. The molecule has 0 spiro atoms. The lowest BCUT2D eigenvalue weighted by molar-refractivity contribution is -0.182. The van der Waals surface area contributed by atoms with Crippen molar-refractivity contribution in [2.45, 2.75) is 56.8 Å². The van der Waals surface area contributed by atoms with Crippen molar-refractivity contribution in [1.29, 1.82) is 5.41 Å². The number of amides is 1. The van der Waals surface area contributed by atoms with Gasteiger partial charge >= 0.3 is 5.97 Å². The van der Waals surface area contributed by atoms with Gasteiger partial charge in [-0.1, -0.05) is 6.07 Å². The lowest BCUT2D eigenvalue weighted by Gasteiger charge is -2.55. The van der Waals surface area contributed by atoms with Crippen molar-refractivity contribution in [2.75, 3.05) is 38.0 Å². The number of aryl methyl sites for hydroxylation is 1. The molecule has 0 aliphatic carbocycles. The van der Waals surface area contributed by atoms with Crippen LogP contribution in [0.1, 0.15) is 49.1 Å². The van der Waals surface area contributed by atoms with Gasteiger partial charge in [0, 0.05) is 57.4 Å². The fourth-order valence-electron chi connectivity index (χ4n) is 6.87. The summed E-state index contributed by atoms with van der Waals surface area (Å²) in [4.78, 5) is 37.8. The van der Waals surface area contributed by atoms with E-state index in [1.807, 2.05) is 41.1 Å². The molecule has 2 aromatic carbocycles. The van der Waals surface area contributed by atoms with Crippen LogP contribution in [-0.4, -0.2) is 91.5 Å². The van der Waals surface area contributed by atoms with Gasteiger partial charge < -0.3 is 25.6 Å². The number of carbonyl (C=O) groups is 2. The molecule has 230 valence electrons. The smallest absolute Gasteiger partial charge is 0.321 e. The number of nitrogen functional groups attached to an aromatic ring is 1. The number of nitrogens with two attached hydrogens (primary N) is 1. The Hall–Kier alpha value is -3.67. The minimum Gasteiger partial charge on any atom is -0.480 e. The number of halogens is 1. The highest BCUT2D eigenvalue weighted by atomic mass is 35.5. The van der Waals surface area contributed by atoms with Gasteiger partial charge in [0.2, 0.25) is 0 Å². The first-order valence-corrected chi connectivity index (χ1v) is 14.9. The Labute approximate surface area is 257 Å². The Morgan fingerprint density at radius 1 is 1.05 bits per heavy atom. The molecule has 6 rings (SSSR count). The fraction of sp³-hybridized carbons (Fsp3) is 0.484. The average molecular weight is 609 g/mol. The largest absolute Gasteiger partial charge is 0.480 e. The summed E-state index contributed by atoms with van der Waals surface area (Å²) >= 11 is 0. The lowest BCUT2D eigenvalue weighted by atomic mass is 9.87. The molecule has 3 saturated heterocycles. The number of fused-ring (bicyclic) bond motifs is 1. The number of imidazole rings is 1. The van der Waals surface area contributed by atoms with E-state index < -0.39 is 17.7 Å². The van der Waals surface area contributed by atoms with E-state index in [0.717, 1.165) is 80.0 Å². The quantitative estimate of drug-likeness (QED) is 0.203. The lowest BCUT2D eigenvalue weighted by Crippen LogP contribution is -2.75. The average Bonchev–Trinajstić information content (AvgIpc) is 3.73. The van der Waals surface area contributed by atoms with Gasteiger partial charge in [-0.25, -0.2) is 4.98 Å². The van der Waals surface area contributed by atoms with Gasteiger partial charge in [-0.05, 0) is 74.1 Å². The van der Waals surface area contributed by atoms with Crippen LogP contribution in [0, 0.1) is 5.41 Å². The molecule has 3 aromatic rings. The second kappa shape index (κ2) is 12.5. The minimum atomic E-state index is -1.01. The van der Waals surface area contributed by atoms with E-state index in [2.05, 4.69) is 33.0 Å². The molecule has 12 heteroatoms. The highest BCUT2D eigenvalue weighted by Crippen LogP contribution is 2.39. The number of aromatic nitrogens is 2. The van der Waals surface area contributed by atoms with Gasteiger partial charge in [-0.15, -0.1) is 12.4 Å². The van der Waals surface area contributed by atoms with E-state index in [1.54, 1.807) is 0 Å². The summed E-state index contributed by atoms with van der Waals surface area (Å²) < 4.78 is 2.06. The van der Waals surface area contributed by atoms with Gasteiger partial charge in [0.25, 0.3) is 5.91 Å². The van der Waals surface area contributed by atoms with E-state index >= 15 is 0 Å². The van der Waals surface area contributed by atoms with Crippen molar-refractivity contribution in [3.8, 4) is 0 Å². The van der Waals surface area contributed by atoms with E-state index in [-0.39, 0.29) is 24.1 Å². The second-order valence-corrected chi connectivity index (χ2v) is 11.8. The minimum absolute atomic E-state index is 0. The molecule has 3 fully saturated rings. The number of nitrogens with one attached hydrogen (secondary N) is 2.